The molecular weight excluding hydrogens is 310 g/mol. The molecule has 0 aromatic carbocycles. The number of hydrogen-bond donors (Lipinski definition) is 2. The summed E-state index contributed by atoms with van der Waals surface area (Å²) >= 11 is 1.33. The van der Waals surface area contributed by atoms with Crippen LogP contribution in [-0.2, 0) is 5.41 Å². The van der Waals surface area contributed by atoms with Crippen molar-refractivity contribution in [1.29, 1.82) is 0 Å². The molecule has 0 spiro atoms. The minimum Gasteiger partial charge on any atom is -0.397 e. The second-order valence-corrected chi connectivity index (χ2v) is 7.46. The normalized spacial score (nSPS) is 11.8. The smallest absolute Gasteiger partial charge is 0.270 e. The van der Waals surface area contributed by atoms with Crippen LogP contribution in [0, 0.1) is 0 Å². The molecule has 3 rings (SSSR count). The molecule has 0 unspecified atom stereocenters. The van der Waals surface area contributed by atoms with Crippen LogP contribution < -0.4 is 10.6 Å². The first-order chi connectivity index (χ1) is 10.8. The van der Waals surface area contributed by atoms with Crippen LogP contribution in [0.1, 0.15) is 36.1 Å². The van der Waals surface area contributed by atoms with E-state index < -0.39 is 0 Å². The quantitative estimate of drug-likeness (QED) is 0.756. The highest BCUT2D eigenvalue weighted by atomic mass is 32.1. The summed E-state index contributed by atoms with van der Waals surface area (Å²) < 4.78 is 0. The van der Waals surface area contributed by atoms with E-state index in [4.69, 9.17) is 5.73 Å². The monoisotopic (exact) mass is 329 g/mol. The number of nitrogens with two attached hydrogens (primary N) is 1. The number of amides is 1. The number of fused-ring (bicyclic) bond motifs is 1. The van der Waals surface area contributed by atoms with Crippen molar-refractivity contribution in [3.05, 3.63) is 35.1 Å². The summed E-state index contributed by atoms with van der Waals surface area (Å²) in [5, 5.41) is 7.39. The van der Waals surface area contributed by atoms with Crippen LogP contribution in [0.3, 0.4) is 0 Å². The molecule has 0 atom stereocenters. The maximum absolute atomic E-state index is 12.7. The van der Waals surface area contributed by atoms with Crippen molar-refractivity contribution in [2.45, 2.75) is 26.2 Å². The Balaban J connectivity index is 2.05. The SMILES string of the molecule is CN(C(=O)c1sc2nc(C(C)(C)C)ccc2c1N)c1cn[nH]c1. The van der Waals surface area contributed by atoms with Gasteiger partial charge in [-0.15, -0.1) is 11.3 Å². The van der Waals surface area contributed by atoms with Gasteiger partial charge in [0, 0.05) is 29.7 Å². The number of thiophene rings is 1. The molecule has 7 heteroatoms. The predicted octanol–water partition coefficient (Wildman–Crippen LogP) is 3.18. The van der Waals surface area contributed by atoms with Crippen LogP contribution in [0.25, 0.3) is 10.2 Å². The van der Waals surface area contributed by atoms with Gasteiger partial charge in [0.05, 0.1) is 17.6 Å². The van der Waals surface area contributed by atoms with Gasteiger partial charge in [0.2, 0.25) is 0 Å². The fourth-order valence-corrected chi connectivity index (χ4v) is 3.34. The number of carbonyl (C=O) groups is 1. The van der Waals surface area contributed by atoms with E-state index >= 15 is 0 Å². The Bertz CT molecular complexity index is 861. The summed E-state index contributed by atoms with van der Waals surface area (Å²) in [5.74, 6) is -0.163. The van der Waals surface area contributed by atoms with Crippen molar-refractivity contribution < 1.29 is 4.79 Å². The number of nitrogens with zero attached hydrogens (tertiary/aromatic N) is 3. The minimum absolute atomic E-state index is 0.0509. The van der Waals surface area contributed by atoms with Crippen molar-refractivity contribution in [3.8, 4) is 0 Å². The van der Waals surface area contributed by atoms with Crippen molar-refractivity contribution in [3.63, 3.8) is 0 Å². The van der Waals surface area contributed by atoms with E-state index in [2.05, 4.69) is 36.0 Å². The van der Waals surface area contributed by atoms with Gasteiger partial charge in [-0.3, -0.25) is 9.89 Å². The Morgan fingerprint density at radius 3 is 2.70 bits per heavy atom. The lowest BCUT2D eigenvalue weighted by molar-refractivity contribution is 0.0997. The molecule has 0 saturated heterocycles. The van der Waals surface area contributed by atoms with E-state index in [-0.39, 0.29) is 11.3 Å². The number of nitrogens with one attached hydrogen (secondary N) is 1. The van der Waals surface area contributed by atoms with Crippen molar-refractivity contribution >= 4 is 38.8 Å². The number of pyridine rings is 1. The van der Waals surface area contributed by atoms with E-state index in [1.165, 1.54) is 16.2 Å². The molecule has 23 heavy (non-hydrogen) atoms. The Morgan fingerprint density at radius 1 is 1.35 bits per heavy atom. The average molecular weight is 329 g/mol. The molecule has 3 N–H and O–H groups in total. The molecule has 1 amide bonds. The minimum atomic E-state index is -0.163. The number of H-pyrrole nitrogens is 1. The van der Waals surface area contributed by atoms with Crippen LogP contribution >= 0.6 is 11.3 Å². The number of rotatable bonds is 2. The number of anilines is 2. The van der Waals surface area contributed by atoms with Gasteiger partial charge < -0.3 is 10.6 Å². The molecule has 0 bridgehead atoms. The molecular formula is C16H19N5OS. The van der Waals surface area contributed by atoms with Crippen LogP contribution in [0.2, 0.25) is 0 Å². The molecule has 0 aliphatic carbocycles. The van der Waals surface area contributed by atoms with Gasteiger partial charge in [-0.2, -0.15) is 5.10 Å². The molecule has 3 aromatic heterocycles. The van der Waals surface area contributed by atoms with E-state index in [9.17, 15) is 4.79 Å². The third-order valence-electron chi connectivity index (χ3n) is 3.73. The maximum Gasteiger partial charge on any atom is 0.270 e. The lowest BCUT2D eigenvalue weighted by atomic mass is 9.91. The third kappa shape index (κ3) is 2.68. The van der Waals surface area contributed by atoms with Gasteiger partial charge in [-0.05, 0) is 12.1 Å². The topological polar surface area (TPSA) is 87.9 Å². The second-order valence-electron chi connectivity index (χ2n) is 6.46. The fraction of sp³-hybridized carbons (Fsp3) is 0.312. The highest BCUT2D eigenvalue weighted by molar-refractivity contribution is 7.21. The van der Waals surface area contributed by atoms with Crippen LogP contribution in [-0.4, -0.2) is 28.1 Å². The number of aromatic amines is 1. The predicted molar refractivity (Wildman–Crippen MR) is 94.1 cm³/mol. The zero-order valence-electron chi connectivity index (χ0n) is 13.5. The number of carbonyl (C=O) groups excluding carboxylic acids is 1. The molecule has 6 nitrogen and oxygen atoms in total. The summed E-state index contributed by atoms with van der Waals surface area (Å²) in [4.78, 5) is 20.2. The van der Waals surface area contributed by atoms with Crippen LogP contribution in [0.4, 0.5) is 11.4 Å². The molecule has 3 heterocycles. The summed E-state index contributed by atoms with van der Waals surface area (Å²) in [6, 6.07) is 3.92. The highest BCUT2D eigenvalue weighted by Crippen LogP contribution is 2.35. The van der Waals surface area contributed by atoms with Gasteiger partial charge in [-0.25, -0.2) is 4.98 Å². The number of nitrogen functional groups attached to an aromatic ring is 1. The summed E-state index contributed by atoms with van der Waals surface area (Å²) in [5.41, 5.74) is 8.29. The average Bonchev–Trinajstić information content (AvgIpc) is 3.13. The molecule has 0 radical (unpaired) electrons. The van der Waals surface area contributed by atoms with E-state index in [0.717, 1.165) is 15.9 Å². The van der Waals surface area contributed by atoms with Crippen LogP contribution in [0.5, 0.6) is 0 Å². The van der Waals surface area contributed by atoms with Crippen molar-refractivity contribution in [2.75, 3.05) is 17.7 Å². The third-order valence-corrected chi connectivity index (χ3v) is 4.84. The first-order valence-electron chi connectivity index (χ1n) is 7.25. The Hall–Kier alpha value is -2.41. The zero-order valence-corrected chi connectivity index (χ0v) is 14.4. The van der Waals surface area contributed by atoms with Gasteiger partial charge in [0.1, 0.15) is 9.71 Å². The largest absolute Gasteiger partial charge is 0.397 e. The van der Waals surface area contributed by atoms with E-state index in [1.54, 1.807) is 19.4 Å². The lowest BCUT2D eigenvalue weighted by Gasteiger charge is -2.17. The Morgan fingerprint density at radius 2 is 2.09 bits per heavy atom. The second kappa shape index (κ2) is 5.34. The van der Waals surface area contributed by atoms with Gasteiger partial charge in [0.15, 0.2) is 0 Å². The maximum atomic E-state index is 12.7. The van der Waals surface area contributed by atoms with E-state index in [0.29, 0.717) is 16.3 Å². The zero-order chi connectivity index (χ0) is 16.8. The summed E-state index contributed by atoms with van der Waals surface area (Å²) in [7, 11) is 1.70. The first kappa shape index (κ1) is 15.5. The van der Waals surface area contributed by atoms with Crippen molar-refractivity contribution in [2.24, 2.45) is 0 Å². The Kier molecular flexibility index (Phi) is 3.60. The summed E-state index contributed by atoms with van der Waals surface area (Å²) in [6.45, 7) is 6.32. The summed E-state index contributed by atoms with van der Waals surface area (Å²) in [6.07, 6.45) is 3.26. The molecule has 0 saturated carbocycles. The van der Waals surface area contributed by atoms with Crippen molar-refractivity contribution in [1.82, 2.24) is 15.2 Å². The molecule has 0 aliphatic heterocycles. The number of hydrogen-bond acceptors (Lipinski definition) is 5. The van der Waals surface area contributed by atoms with E-state index in [1.807, 2.05) is 12.1 Å². The number of aromatic nitrogens is 3. The van der Waals surface area contributed by atoms with Gasteiger partial charge in [0.25, 0.3) is 5.91 Å². The molecule has 0 fully saturated rings. The lowest BCUT2D eigenvalue weighted by Crippen LogP contribution is -2.25. The van der Waals surface area contributed by atoms with Gasteiger partial charge >= 0.3 is 0 Å². The Labute approximate surface area is 138 Å². The van der Waals surface area contributed by atoms with Crippen LogP contribution in [0.15, 0.2) is 24.5 Å². The van der Waals surface area contributed by atoms with Gasteiger partial charge in [-0.1, -0.05) is 20.8 Å². The standard InChI is InChI=1S/C16H19N5OS/c1-16(2,3)11-6-5-10-12(17)13(23-14(10)20-11)15(22)21(4)9-7-18-19-8-9/h5-8H,17H2,1-4H3,(H,18,19). The first-order valence-corrected chi connectivity index (χ1v) is 8.07. The fourth-order valence-electron chi connectivity index (χ4n) is 2.27. The highest BCUT2D eigenvalue weighted by Gasteiger charge is 2.23. The molecule has 120 valence electrons. The molecule has 3 aromatic rings. The molecule has 0 aliphatic rings.